The van der Waals surface area contributed by atoms with E-state index in [1.807, 2.05) is 12.1 Å². The van der Waals surface area contributed by atoms with Crippen LogP contribution in [0.5, 0.6) is 11.5 Å². The Bertz CT molecular complexity index is 427. The third kappa shape index (κ3) is 2.73. The third-order valence-electron chi connectivity index (χ3n) is 2.87. The molecule has 0 aromatic heterocycles. The normalized spacial score (nSPS) is 14.7. The van der Waals surface area contributed by atoms with Crippen molar-refractivity contribution >= 4 is 5.91 Å². The van der Waals surface area contributed by atoms with E-state index in [2.05, 4.69) is 0 Å². The molecule has 0 radical (unpaired) electrons. The first-order valence-electron chi connectivity index (χ1n) is 5.89. The topological polar surface area (TPSA) is 48.0 Å². The maximum Gasteiger partial charge on any atom is 0.250 e. The van der Waals surface area contributed by atoms with E-state index in [0.29, 0.717) is 24.7 Å². The Kier molecular flexibility index (Phi) is 4.04. The molecule has 1 heterocycles. The van der Waals surface area contributed by atoms with Crippen LogP contribution in [-0.2, 0) is 16.1 Å². The first-order valence-corrected chi connectivity index (χ1v) is 5.89. The van der Waals surface area contributed by atoms with Crippen LogP contribution in [-0.4, -0.2) is 38.3 Å². The zero-order valence-electron chi connectivity index (χ0n) is 10.6. The molecule has 1 aromatic carbocycles. The molecule has 1 aromatic rings. The van der Waals surface area contributed by atoms with Gasteiger partial charge in [-0.2, -0.15) is 0 Å². The number of rotatable bonds is 4. The number of nitrogens with zero attached hydrogens (tertiary/aromatic N) is 1. The number of carbonyl (C=O) groups is 1. The van der Waals surface area contributed by atoms with E-state index in [0.717, 1.165) is 12.0 Å². The summed E-state index contributed by atoms with van der Waals surface area (Å²) in [4.78, 5) is 17.2. The summed E-state index contributed by atoms with van der Waals surface area (Å²) in [5.74, 6) is 1.32. The van der Waals surface area contributed by atoms with Crippen molar-refractivity contribution < 1.29 is 19.1 Å². The molecule has 98 valence electrons. The lowest BCUT2D eigenvalue weighted by Crippen LogP contribution is -2.28. The fourth-order valence-corrected chi connectivity index (χ4v) is 1.89. The Labute approximate surface area is 106 Å². The summed E-state index contributed by atoms with van der Waals surface area (Å²) >= 11 is 0. The Hall–Kier alpha value is -1.75. The lowest BCUT2D eigenvalue weighted by Gasteiger charge is -2.15. The fraction of sp³-hybridized carbons (Fsp3) is 0.462. The lowest BCUT2D eigenvalue weighted by molar-refractivity contribution is -0.167. The van der Waals surface area contributed by atoms with Gasteiger partial charge < -0.3 is 9.47 Å². The maximum absolute atomic E-state index is 12.0. The van der Waals surface area contributed by atoms with Gasteiger partial charge in [-0.15, -0.1) is 0 Å². The number of hydroxylamine groups is 2. The largest absolute Gasteiger partial charge is 0.497 e. The highest BCUT2D eigenvalue weighted by Crippen LogP contribution is 2.25. The number of benzene rings is 1. The van der Waals surface area contributed by atoms with Crippen LogP contribution in [0.25, 0.3) is 0 Å². The van der Waals surface area contributed by atoms with E-state index >= 15 is 0 Å². The van der Waals surface area contributed by atoms with Crippen LogP contribution in [0.15, 0.2) is 18.2 Å². The summed E-state index contributed by atoms with van der Waals surface area (Å²) in [5.41, 5.74) is 0.832. The number of carbonyl (C=O) groups excluding carboxylic acids is 1. The smallest absolute Gasteiger partial charge is 0.250 e. The zero-order valence-corrected chi connectivity index (χ0v) is 10.6. The zero-order chi connectivity index (χ0) is 13.0. The van der Waals surface area contributed by atoms with Crippen molar-refractivity contribution in [1.29, 1.82) is 0 Å². The third-order valence-corrected chi connectivity index (χ3v) is 2.87. The van der Waals surface area contributed by atoms with Gasteiger partial charge in [0.15, 0.2) is 0 Å². The van der Waals surface area contributed by atoms with E-state index in [1.165, 1.54) is 5.06 Å². The monoisotopic (exact) mass is 251 g/mol. The van der Waals surface area contributed by atoms with Crippen molar-refractivity contribution in [3.8, 4) is 11.5 Å². The Balaban J connectivity index is 2.10. The lowest BCUT2D eigenvalue weighted by atomic mass is 10.1. The number of amides is 1. The summed E-state index contributed by atoms with van der Waals surface area (Å²) in [6, 6.07) is 5.43. The molecule has 1 aliphatic rings. The highest BCUT2D eigenvalue weighted by atomic mass is 16.7. The quantitative estimate of drug-likeness (QED) is 0.811. The van der Waals surface area contributed by atoms with Crippen LogP contribution in [0.4, 0.5) is 0 Å². The van der Waals surface area contributed by atoms with Gasteiger partial charge in [-0.1, -0.05) is 6.07 Å². The molecule has 0 saturated carbocycles. The van der Waals surface area contributed by atoms with Gasteiger partial charge in [0.1, 0.15) is 11.5 Å². The molecule has 5 heteroatoms. The fourth-order valence-electron chi connectivity index (χ4n) is 1.89. The molecule has 1 aliphatic heterocycles. The van der Waals surface area contributed by atoms with Crippen LogP contribution in [0.3, 0.4) is 0 Å². The van der Waals surface area contributed by atoms with E-state index < -0.39 is 0 Å². The summed E-state index contributed by atoms with van der Waals surface area (Å²) < 4.78 is 10.4. The molecule has 2 rings (SSSR count). The first kappa shape index (κ1) is 12.7. The number of hydrogen-bond acceptors (Lipinski definition) is 4. The van der Waals surface area contributed by atoms with Crippen LogP contribution < -0.4 is 9.47 Å². The van der Waals surface area contributed by atoms with E-state index in [4.69, 9.17) is 14.3 Å². The minimum Gasteiger partial charge on any atom is -0.497 e. The van der Waals surface area contributed by atoms with Crippen molar-refractivity contribution in [2.24, 2.45) is 0 Å². The highest BCUT2D eigenvalue weighted by molar-refractivity contribution is 5.78. The summed E-state index contributed by atoms with van der Waals surface area (Å²) in [6.45, 7) is 1.28. The number of ether oxygens (including phenoxy) is 2. The van der Waals surface area contributed by atoms with Crippen LogP contribution in [0.2, 0.25) is 0 Å². The Morgan fingerprint density at radius 2 is 2.22 bits per heavy atom. The van der Waals surface area contributed by atoms with Gasteiger partial charge >= 0.3 is 0 Å². The van der Waals surface area contributed by atoms with Crippen LogP contribution in [0.1, 0.15) is 12.0 Å². The minimum absolute atomic E-state index is 0.0454. The number of methoxy groups -OCH3 is 2. The molecule has 5 nitrogen and oxygen atoms in total. The van der Waals surface area contributed by atoms with Crippen LogP contribution >= 0.6 is 0 Å². The Morgan fingerprint density at radius 3 is 2.83 bits per heavy atom. The SMILES string of the molecule is COc1ccc(CC(=O)N2CCCO2)c(OC)c1. The van der Waals surface area contributed by atoms with E-state index in [1.54, 1.807) is 20.3 Å². The summed E-state index contributed by atoms with van der Waals surface area (Å²) in [7, 11) is 3.17. The average Bonchev–Trinajstić information content (AvgIpc) is 2.93. The number of hydrogen-bond donors (Lipinski definition) is 0. The maximum atomic E-state index is 12.0. The van der Waals surface area contributed by atoms with E-state index in [9.17, 15) is 4.79 Å². The molecule has 0 bridgehead atoms. The molecule has 0 N–H and O–H groups in total. The average molecular weight is 251 g/mol. The van der Waals surface area contributed by atoms with Gasteiger partial charge in [0.05, 0.1) is 33.8 Å². The second kappa shape index (κ2) is 5.73. The summed E-state index contributed by atoms with van der Waals surface area (Å²) in [5, 5.41) is 1.42. The van der Waals surface area contributed by atoms with Gasteiger partial charge in [0, 0.05) is 11.6 Å². The van der Waals surface area contributed by atoms with Gasteiger partial charge in [-0.25, -0.2) is 5.06 Å². The molecule has 0 aliphatic carbocycles. The molecule has 0 unspecified atom stereocenters. The molecule has 0 spiro atoms. The van der Waals surface area contributed by atoms with Crippen molar-refractivity contribution in [1.82, 2.24) is 5.06 Å². The predicted molar refractivity (Wildman–Crippen MR) is 65.5 cm³/mol. The van der Waals surface area contributed by atoms with Crippen molar-refractivity contribution in [3.05, 3.63) is 23.8 Å². The molecule has 1 saturated heterocycles. The van der Waals surface area contributed by atoms with Crippen LogP contribution in [0, 0.1) is 0 Å². The summed E-state index contributed by atoms with van der Waals surface area (Å²) in [6.07, 6.45) is 1.17. The van der Waals surface area contributed by atoms with Crippen molar-refractivity contribution in [3.63, 3.8) is 0 Å². The predicted octanol–water partition coefficient (Wildman–Crippen LogP) is 1.41. The molecule has 18 heavy (non-hydrogen) atoms. The van der Waals surface area contributed by atoms with Crippen molar-refractivity contribution in [2.45, 2.75) is 12.8 Å². The second-order valence-electron chi connectivity index (χ2n) is 4.04. The standard InChI is InChI=1S/C13H17NO4/c1-16-11-5-4-10(12(9-11)17-2)8-13(15)14-6-3-7-18-14/h4-5,9H,3,6-8H2,1-2H3. The van der Waals surface area contributed by atoms with Gasteiger partial charge in [0.2, 0.25) is 0 Å². The first-order chi connectivity index (χ1) is 8.74. The van der Waals surface area contributed by atoms with Gasteiger partial charge in [-0.05, 0) is 12.5 Å². The van der Waals surface area contributed by atoms with E-state index in [-0.39, 0.29) is 12.3 Å². The molecule has 1 amide bonds. The van der Waals surface area contributed by atoms with Gasteiger partial charge in [-0.3, -0.25) is 9.63 Å². The molecular formula is C13H17NO4. The highest BCUT2D eigenvalue weighted by Gasteiger charge is 2.20. The van der Waals surface area contributed by atoms with Crippen molar-refractivity contribution in [2.75, 3.05) is 27.4 Å². The Morgan fingerprint density at radius 1 is 1.39 bits per heavy atom. The second-order valence-corrected chi connectivity index (χ2v) is 4.04. The molecule has 0 atom stereocenters. The van der Waals surface area contributed by atoms with Gasteiger partial charge in [0.25, 0.3) is 5.91 Å². The molecule has 1 fully saturated rings. The minimum atomic E-state index is -0.0454. The molecular weight excluding hydrogens is 234 g/mol.